The van der Waals surface area contributed by atoms with Crippen molar-refractivity contribution >= 4 is 61.4 Å². The fourth-order valence-electron chi connectivity index (χ4n) is 3.65. The first-order valence-corrected chi connectivity index (χ1v) is 14.5. The summed E-state index contributed by atoms with van der Waals surface area (Å²) >= 11 is 2.11. The smallest absolute Gasteiger partial charge is 0.284 e. The number of aryl methyl sites for hydroxylation is 2. The average Bonchev–Trinajstić information content (AvgIpc) is 2.91. The van der Waals surface area contributed by atoms with Crippen molar-refractivity contribution in [3.8, 4) is 0 Å². The maximum absolute atomic E-state index is 13.9. The minimum atomic E-state index is -4.22. The van der Waals surface area contributed by atoms with Gasteiger partial charge in [-0.2, -0.15) is 8.42 Å². The molecule has 0 bridgehead atoms. The van der Waals surface area contributed by atoms with Gasteiger partial charge in [-0.1, -0.05) is 77.9 Å². The highest BCUT2D eigenvalue weighted by atomic mass is 127. The number of benzene rings is 4. The highest BCUT2D eigenvalue weighted by Gasteiger charge is 2.26. The Kier molecular flexibility index (Phi) is 8.82. The van der Waals surface area contributed by atoms with Crippen LogP contribution in [-0.2, 0) is 14.8 Å². The van der Waals surface area contributed by atoms with E-state index in [-0.39, 0.29) is 22.0 Å². The molecule has 0 radical (unpaired) electrons. The van der Waals surface area contributed by atoms with E-state index in [1.54, 1.807) is 60.7 Å². The number of carbonyl (C=O) groups is 1. The maximum Gasteiger partial charge on any atom is 0.284 e. The van der Waals surface area contributed by atoms with Gasteiger partial charge >= 0.3 is 0 Å². The third-order valence-corrected chi connectivity index (χ3v) is 8.02. The SMILES string of the molecule is Cc1ccc(/C(N)=C(C(=O)Nc2ccccc2I)\C(=N\S(=O)(=O)c2ccc(C)cc2)Nc2ccccc2)cc1. The van der Waals surface area contributed by atoms with Crippen LogP contribution >= 0.6 is 22.6 Å². The normalized spacial score (nSPS) is 12.4. The molecule has 0 aliphatic heterocycles. The van der Waals surface area contributed by atoms with E-state index in [4.69, 9.17) is 5.73 Å². The highest BCUT2D eigenvalue weighted by molar-refractivity contribution is 14.1. The molecule has 9 heteroatoms. The van der Waals surface area contributed by atoms with Crippen molar-refractivity contribution in [2.45, 2.75) is 18.7 Å². The molecule has 4 rings (SSSR count). The van der Waals surface area contributed by atoms with Crippen molar-refractivity contribution in [2.24, 2.45) is 10.1 Å². The molecule has 4 aromatic rings. The summed E-state index contributed by atoms with van der Waals surface area (Å²) < 4.78 is 31.9. The molecule has 0 spiro atoms. The quantitative estimate of drug-likeness (QED) is 0.0967. The van der Waals surface area contributed by atoms with E-state index in [0.717, 1.165) is 14.7 Å². The van der Waals surface area contributed by atoms with E-state index < -0.39 is 15.9 Å². The zero-order chi connectivity index (χ0) is 28.0. The summed E-state index contributed by atoms with van der Waals surface area (Å²) in [5.41, 5.74) is 10.1. The summed E-state index contributed by atoms with van der Waals surface area (Å²) in [6.45, 7) is 3.80. The first kappa shape index (κ1) is 28.1. The summed E-state index contributed by atoms with van der Waals surface area (Å²) in [4.78, 5) is 13.9. The molecule has 39 heavy (non-hydrogen) atoms. The van der Waals surface area contributed by atoms with Gasteiger partial charge in [-0.05, 0) is 78.4 Å². The summed E-state index contributed by atoms with van der Waals surface area (Å²) in [5.74, 6) is -0.818. The first-order valence-electron chi connectivity index (χ1n) is 12.0. The monoisotopic (exact) mass is 650 g/mol. The molecular weight excluding hydrogens is 623 g/mol. The van der Waals surface area contributed by atoms with Gasteiger partial charge in [-0.3, -0.25) is 4.79 Å². The molecule has 0 heterocycles. The minimum Gasteiger partial charge on any atom is -0.397 e. The Hall–Kier alpha value is -3.96. The first-order chi connectivity index (χ1) is 18.6. The van der Waals surface area contributed by atoms with Crippen LogP contribution in [0, 0.1) is 17.4 Å². The summed E-state index contributed by atoms with van der Waals surface area (Å²) in [7, 11) is -4.22. The van der Waals surface area contributed by atoms with E-state index in [9.17, 15) is 13.2 Å². The summed E-state index contributed by atoms with van der Waals surface area (Å²) in [6.07, 6.45) is 0. The van der Waals surface area contributed by atoms with E-state index in [2.05, 4.69) is 37.6 Å². The van der Waals surface area contributed by atoms with Gasteiger partial charge in [0.15, 0.2) is 5.84 Å². The number of nitrogens with two attached hydrogens (primary N) is 1. The van der Waals surface area contributed by atoms with Gasteiger partial charge in [0.2, 0.25) is 0 Å². The molecule has 198 valence electrons. The number of amidine groups is 1. The number of para-hydroxylation sites is 2. The number of amides is 1. The lowest BCUT2D eigenvalue weighted by Crippen LogP contribution is -2.29. The van der Waals surface area contributed by atoms with Gasteiger partial charge in [-0.25, -0.2) is 0 Å². The maximum atomic E-state index is 13.9. The van der Waals surface area contributed by atoms with Gasteiger partial charge in [0.25, 0.3) is 15.9 Å². The Morgan fingerprint density at radius 1 is 0.769 bits per heavy atom. The van der Waals surface area contributed by atoms with Crippen LogP contribution < -0.4 is 16.4 Å². The molecule has 0 aromatic heterocycles. The second kappa shape index (κ2) is 12.3. The van der Waals surface area contributed by atoms with Crippen LogP contribution in [0.3, 0.4) is 0 Å². The second-order valence-corrected chi connectivity index (χ2v) is 11.6. The molecule has 0 unspecified atom stereocenters. The van der Waals surface area contributed by atoms with Crippen molar-refractivity contribution in [3.63, 3.8) is 0 Å². The van der Waals surface area contributed by atoms with E-state index in [1.807, 2.05) is 44.2 Å². The molecule has 0 atom stereocenters. The average molecular weight is 651 g/mol. The van der Waals surface area contributed by atoms with Crippen LogP contribution in [0.25, 0.3) is 5.70 Å². The van der Waals surface area contributed by atoms with E-state index in [0.29, 0.717) is 16.9 Å². The van der Waals surface area contributed by atoms with Crippen LogP contribution in [0.2, 0.25) is 0 Å². The lowest BCUT2D eigenvalue weighted by molar-refractivity contribution is -0.112. The number of sulfonamides is 1. The van der Waals surface area contributed by atoms with Gasteiger partial charge in [0, 0.05) is 9.26 Å². The van der Waals surface area contributed by atoms with Gasteiger partial charge in [0.1, 0.15) is 5.57 Å². The Bertz CT molecular complexity index is 1650. The van der Waals surface area contributed by atoms with Crippen molar-refractivity contribution < 1.29 is 13.2 Å². The largest absolute Gasteiger partial charge is 0.397 e. The summed E-state index contributed by atoms with van der Waals surface area (Å²) in [6, 6.07) is 29.7. The number of hydrogen-bond acceptors (Lipinski definition) is 4. The molecule has 0 aliphatic rings. The zero-order valence-corrected chi connectivity index (χ0v) is 24.3. The van der Waals surface area contributed by atoms with Crippen molar-refractivity contribution in [2.75, 3.05) is 10.6 Å². The Balaban J connectivity index is 1.93. The molecule has 7 nitrogen and oxygen atoms in total. The lowest BCUT2D eigenvalue weighted by atomic mass is 10.0. The van der Waals surface area contributed by atoms with Crippen molar-refractivity contribution in [3.05, 3.63) is 129 Å². The number of nitrogens with zero attached hydrogens (tertiary/aromatic N) is 1. The number of nitrogens with one attached hydrogen (secondary N) is 2. The topological polar surface area (TPSA) is 114 Å². The third kappa shape index (κ3) is 7.12. The number of carbonyl (C=O) groups excluding carboxylic acids is 1. The Labute approximate surface area is 242 Å². The molecule has 4 N–H and O–H groups in total. The standard InChI is InChI=1S/C30H27IN4O3S/c1-20-12-16-22(17-13-20)28(32)27(30(36)34-26-11-7-6-10-25(26)31)29(33-23-8-4-3-5-9-23)35-39(37,38)24-18-14-21(2)15-19-24/h3-19H,32H2,1-2H3,(H,33,35)(H,34,36)/b28-27-. The Morgan fingerprint density at radius 3 is 1.95 bits per heavy atom. The number of halogens is 1. The molecule has 0 saturated heterocycles. The van der Waals surface area contributed by atoms with Crippen LogP contribution in [0.15, 0.2) is 118 Å². The van der Waals surface area contributed by atoms with E-state index in [1.165, 1.54) is 12.1 Å². The molecular formula is C30H27IN4O3S. The molecule has 4 aromatic carbocycles. The summed E-state index contributed by atoms with van der Waals surface area (Å²) in [5, 5.41) is 5.90. The number of hydrogen-bond donors (Lipinski definition) is 3. The van der Waals surface area contributed by atoms with Gasteiger partial charge in [-0.15, -0.1) is 4.40 Å². The fourth-order valence-corrected chi connectivity index (χ4v) is 5.14. The van der Waals surface area contributed by atoms with Gasteiger partial charge in [0.05, 0.1) is 16.3 Å². The Morgan fingerprint density at radius 2 is 1.33 bits per heavy atom. The number of rotatable bonds is 7. The van der Waals surface area contributed by atoms with Crippen LogP contribution in [0.1, 0.15) is 16.7 Å². The van der Waals surface area contributed by atoms with E-state index >= 15 is 0 Å². The van der Waals surface area contributed by atoms with Crippen LogP contribution in [0.4, 0.5) is 11.4 Å². The lowest BCUT2D eigenvalue weighted by Gasteiger charge is -2.17. The highest BCUT2D eigenvalue weighted by Crippen LogP contribution is 2.24. The fraction of sp³-hybridized carbons (Fsp3) is 0.0667. The van der Waals surface area contributed by atoms with Crippen LogP contribution in [0.5, 0.6) is 0 Å². The molecule has 0 fully saturated rings. The predicted molar refractivity (Wildman–Crippen MR) is 166 cm³/mol. The number of anilines is 2. The van der Waals surface area contributed by atoms with Crippen molar-refractivity contribution in [1.29, 1.82) is 0 Å². The zero-order valence-electron chi connectivity index (χ0n) is 21.4. The van der Waals surface area contributed by atoms with Crippen LogP contribution in [-0.4, -0.2) is 20.2 Å². The van der Waals surface area contributed by atoms with Gasteiger partial charge < -0.3 is 16.4 Å². The third-order valence-electron chi connectivity index (χ3n) is 5.78. The molecule has 1 amide bonds. The predicted octanol–water partition coefficient (Wildman–Crippen LogP) is 6.12. The second-order valence-electron chi connectivity index (χ2n) is 8.81. The van der Waals surface area contributed by atoms with Crippen molar-refractivity contribution in [1.82, 2.24) is 0 Å². The minimum absolute atomic E-state index is 0.00765. The molecule has 0 saturated carbocycles. The molecule has 0 aliphatic carbocycles.